The molecule has 1 rings (SSSR count). The number of carbonyl (C=O) groups is 3. The normalized spacial score (nSPS) is 12.6. The van der Waals surface area contributed by atoms with Gasteiger partial charge in [-0.2, -0.15) is 5.10 Å². The van der Waals surface area contributed by atoms with Crippen molar-refractivity contribution in [1.82, 2.24) is 14.9 Å². The molecule has 0 saturated carbocycles. The minimum atomic E-state index is -0.803. The standard InChI is InChI=1S/C13H18N4O3/c1-3-6-11(13(20)14-9-18)17(10-19)15-12-7-4-5-8-16(12)2/h4-5,7-11H,3,6H2,1-2H3,(H,14,18,20)/b15-12-. The van der Waals surface area contributed by atoms with Crippen LogP contribution in [0.25, 0.3) is 0 Å². The largest absolute Gasteiger partial charge is 0.335 e. The van der Waals surface area contributed by atoms with E-state index in [1.807, 2.05) is 13.0 Å². The zero-order chi connectivity index (χ0) is 15.0. The summed E-state index contributed by atoms with van der Waals surface area (Å²) >= 11 is 0. The summed E-state index contributed by atoms with van der Waals surface area (Å²) in [5, 5.41) is 7.25. The first-order chi connectivity index (χ1) is 9.63. The fourth-order valence-electron chi connectivity index (χ4n) is 1.71. The SMILES string of the molecule is CCCC(C(=O)NC=O)N(C=O)/N=c1/ccccn1C. The van der Waals surface area contributed by atoms with Crippen molar-refractivity contribution in [2.24, 2.45) is 12.1 Å². The lowest BCUT2D eigenvalue weighted by atomic mass is 10.1. The average Bonchev–Trinajstić information content (AvgIpc) is 2.44. The number of carbonyl (C=O) groups excluding carboxylic acids is 3. The highest BCUT2D eigenvalue weighted by Crippen LogP contribution is 2.05. The van der Waals surface area contributed by atoms with Gasteiger partial charge in [-0.3, -0.25) is 19.7 Å². The highest BCUT2D eigenvalue weighted by molar-refractivity contribution is 5.90. The molecular weight excluding hydrogens is 260 g/mol. The molecule has 1 unspecified atom stereocenters. The van der Waals surface area contributed by atoms with Gasteiger partial charge in [0.15, 0.2) is 5.49 Å². The monoisotopic (exact) mass is 278 g/mol. The molecule has 1 heterocycles. The van der Waals surface area contributed by atoms with Gasteiger partial charge in [0, 0.05) is 13.2 Å². The molecule has 0 aromatic carbocycles. The van der Waals surface area contributed by atoms with Crippen LogP contribution in [0, 0.1) is 0 Å². The van der Waals surface area contributed by atoms with E-state index in [9.17, 15) is 14.4 Å². The van der Waals surface area contributed by atoms with Crippen LogP contribution < -0.4 is 10.8 Å². The van der Waals surface area contributed by atoms with E-state index in [-0.39, 0.29) is 0 Å². The van der Waals surface area contributed by atoms with Gasteiger partial charge in [0.05, 0.1) is 0 Å². The number of aromatic nitrogens is 1. The number of amides is 3. The zero-order valence-electron chi connectivity index (χ0n) is 11.5. The second-order valence-electron chi connectivity index (χ2n) is 4.19. The molecule has 0 fully saturated rings. The van der Waals surface area contributed by atoms with E-state index < -0.39 is 11.9 Å². The van der Waals surface area contributed by atoms with E-state index in [2.05, 4.69) is 10.4 Å². The second kappa shape index (κ2) is 7.88. The fraction of sp³-hybridized carbons (Fsp3) is 0.385. The third-order valence-corrected chi connectivity index (χ3v) is 2.74. The average molecular weight is 278 g/mol. The van der Waals surface area contributed by atoms with E-state index in [0.29, 0.717) is 31.1 Å². The molecule has 1 atom stereocenters. The number of nitrogens with one attached hydrogen (secondary N) is 1. The third-order valence-electron chi connectivity index (χ3n) is 2.74. The molecule has 1 aromatic rings. The van der Waals surface area contributed by atoms with Crippen LogP contribution in [0.2, 0.25) is 0 Å². The molecule has 20 heavy (non-hydrogen) atoms. The van der Waals surface area contributed by atoms with E-state index in [1.165, 1.54) is 0 Å². The number of pyridine rings is 1. The Labute approximate surface area is 116 Å². The van der Waals surface area contributed by atoms with Crippen LogP contribution in [0.5, 0.6) is 0 Å². The molecule has 1 N–H and O–H groups in total. The second-order valence-corrected chi connectivity index (χ2v) is 4.19. The van der Waals surface area contributed by atoms with Crippen LogP contribution in [0.3, 0.4) is 0 Å². The molecular formula is C13H18N4O3. The first-order valence-electron chi connectivity index (χ1n) is 6.28. The van der Waals surface area contributed by atoms with Gasteiger partial charge in [-0.25, -0.2) is 5.01 Å². The van der Waals surface area contributed by atoms with E-state index in [0.717, 1.165) is 5.01 Å². The van der Waals surface area contributed by atoms with Crippen molar-refractivity contribution in [1.29, 1.82) is 0 Å². The molecule has 0 radical (unpaired) electrons. The molecule has 0 spiro atoms. The highest BCUT2D eigenvalue weighted by Gasteiger charge is 2.23. The van der Waals surface area contributed by atoms with E-state index >= 15 is 0 Å². The predicted molar refractivity (Wildman–Crippen MR) is 71.8 cm³/mol. The topological polar surface area (TPSA) is 83.8 Å². The van der Waals surface area contributed by atoms with Gasteiger partial charge in [0.25, 0.3) is 5.91 Å². The first kappa shape index (κ1) is 15.6. The van der Waals surface area contributed by atoms with Gasteiger partial charge in [0.1, 0.15) is 6.04 Å². The van der Waals surface area contributed by atoms with Crippen LogP contribution in [-0.2, 0) is 21.4 Å². The summed E-state index contributed by atoms with van der Waals surface area (Å²) in [6.45, 7) is 1.88. The van der Waals surface area contributed by atoms with Crippen molar-refractivity contribution in [3.63, 3.8) is 0 Å². The molecule has 7 nitrogen and oxygen atoms in total. The van der Waals surface area contributed by atoms with Crippen molar-refractivity contribution in [2.75, 3.05) is 0 Å². The van der Waals surface area contributed by atoms with Gasteiger partial charge >= 0.3 is 0 Å². The molecule has 7 heteroatoms. The summed E-state index contributed by atoms with van der Waals surface area (Å²) < 4.78 is 1.72. The lowest BCUT2D eigenvalue weighted by Gasteiger charge is -2.21. The van der Waals surface area contributed by atoms with Gasteiger partial charge in [-0.1, -0.05) is 19.4 Å². The zero-order valence-corrected chi connectivity index (χ0v) is 11.5. The van der Waals surface area contributed by atoms with Crippen LogP contribution in [-0.4, -0.2) is 34.3 Å². The molecule has 1 aromatic heterocycles. The lowest BCUT2D eigenvalue weighted by Crippen LogP contribution is -2.44. The van der Waals surface area contributed by atoms with Crippen LogP contribution in [0.1, 0.15) is 19.8 Å². The third kappa shape index (κ3) is 4.04. The van der Waals surface area contributed by atoms with Gasteiger partial charge < -0.3 is 4.57 Å². The van der Waals surface area contributed by atoms with Gasteiger partial charge in [-0.15, -0.1) is 0 Å². The number of aryl methyl sites for hydroxylation is 1. The van der Waals surface area contributed by atoms with Crippen molar-refractivity contribution in [3.05, 3.63) is 29.9 Å². The molecule has 3 amide bonds. The summed E-state index contributed by atoms with van der Waals surface area (Å²) in [4.78, 5) is 33.4. The minimum Gasteiger partial charge on any atom is -0.335 e. The number of nitrogens with zero attached hydrogens (tertiary/aromatic N) is 3. The number of imide groups is 1. The smallest absolute Gasteiger partial charge is 0.251 e. The number of rotatable bonds is 7. The Morgan fingerprint density at radius 3 is 2.80 bits per heavy atom. The Bertz CT molecular complexity index is 538. The summed E-state index contributed by atoms with van der Waals surface area (Å²) in [5.74, 6) is -0.545. The molecule has 0 saturated heterocycles. The molecule has 0 aliphatic carbocycles. The molecule has 0 aliphatic heterocycles. The Morgan fingerprint density at radius 1 is 1.50 bits per heavy atom. The highest BCUT2D eigenvalue weighted by atomic mass is 16.2. The molecule has 0 aliphatic rings. The Kier molecular flexibility index (Phi) is 6.15. The summed E-state index contributed by atoms with van der Waals surface area (Å²) in [7, 11) is 1.78. The van der Waals surface area contributed by atoms with Crippen molar-refractivity contribution in [3.8, 4) is 0 Å². The number of hydrogen-bond donors (Lipinski definition) is 1. The van der Waals surface area contributed by atoms with Crippen molar-refractivity contribution < 1.29 is 14.4 Å². The first-order valence-corrected chi connectivity index (χ1v) is 6.28. The molecule has 0 bridgehead atoms. The Hall–Kier alpha value is -2.44. The Balaban J connectivity index is 3.11. The number of hydrogen-bond acceptors (Lipinski definition) is 4. The van der Waals surface area contributed by atoms with E-state index in [4.69, 9.17) is 0 Å². The van der Waals surface area contributed by atoms with Crippen LogP contribution in [0.4, 0.5) is 0 Å². The summed E-state index contributed by atoms with van der Waals surface area (Å²) in [6.07, 6.45) is 3.66. The van der Waals surface area contributed by atoms with Gasteiger partial charge in [0.2, 0.25) is 12.8 Å². The Morgan fingerprint density at radius 2 is 2.25 bits per heavy atom. The predicted octanol–water partition coefficient (Wildman–Crippen LogP) is -0.259. The van der Waals surface area contributed by atoms with E-state index in [1.54, 1.807) is 29.9 Å². The van der Waals surface area contributed by atoms with Gasteiger partial charge in [-0.05, 0) is 18.6 Å². The van der Waals surface area contributed by atoms with Crippen LogP contribution >= 0.6 is 0 Å². The van der Waals surface area contributed by atoms with Crippen molar-refractivity contribution in [2.45, 2.75) is 25.8 Å². The lowest BCUT2D eigenvalue weighted by molar-refractivity contribution is -0.135. The maximum absolute atomic E-state index is 11.8. The molecule has 108 valence electrons. The minimum absolute atomic E-state index is 0.302. The van der Waals surface area contributed by atoms with Crippen molar-refractivity contribution >= 4 is 18.7 Å². The summed E-state index contributed by atoms with van der Waals surface area (Å²) in [5.41, 5.74) is 0.527. The maximum atomic E-state index is 11.8. The quantitative estimate of drug-likeness (QED) is 0.551. The fourth-order valence-corrected chi connectivity index (χ4v) is 1.71. The summed E-state index contributed by atoms with van der Waals surface area (Å²) in [6, 6.07) is 4.52. The van der Waals surface area contributed by atoms with Crippen LogP contribution in [0.15, 0.2) is 29.5 Å². The maximum Gasteiger partial charge on any atom is 0.251 e.